The van der Waals surface area contributed by atoms with E-state index in [-0.39, 0.29) is 5.91 Å². The number of aryl methyl sites for hydroxylation is 1. The molecule has 1 fully saturated rings. The molecule has 3 rings (SSSR count). The number of carbonyl (C=O) groups excluding carboxylic acids is 1. The van der Waals surface area contributed by atoms with Crippen LogP contribution in [0.2, 0.25) is 0 Å². The van der Waals surface area contributed by atoms with Crippen LogP contribution in [-0.4, -0.2) is 59.6 Å². The first-order valence-electron chi connectivity index (χ1n) is 9.02. The molecule has 0 spiro atoms. The van der Waals surface area contributed by atoms with Gasteiger partial charge < -0.3 is 10.2 Å². The molecule has 0 atom stereocenters. The molecule has 1 aliphatic heterocycles. The van der Waals surface area contributed by atoms with Gasteiger partial charge in [0.25, 0.3) is 0 Å². The average Bonchev–Trinajstić information content (AvgIpc) is 3.11. The van der Waals surface area contributed by atoms with E-state index in [2.05, 4.69) is 62.8 Å². The predicted molar refractivity (Wildman–Crippen MR) is 100 cm³/mol. The average molecular weight is 341 g/mol. The maximum absolute atomic E-state index is 11.9. The van der Waals surface area contributed by atoms with Crippen LogP contribution >= 0.6 is 0 Å². The van der Waals surface area contributed by atoms with Gasteiger partial charge in [-0.25, -0.2) is 4.98 Å². The summed E-state index contributed by atoms with van der Waals surface area (Å²) in [6.07, 6.45) is 4.82. The third kappa shape index (κ3) is 4.39. The summed E-state index contributed by atoms with van der Waals surface area (Å²) >= 11 is 0. The summed E-state index contributed by atoms with van der Waals surface area (Å²) in [5, 5.41) is 2.94. The van der Waals surface area contributed by atoms with E-state index in [9.17, 15) is 4.79 Å². The number of imidazole rings is 1. The maximum atomic E-state index is 11.9. The number of nitrogens with one attached hydrogen (secondary N) is 1. The van der Waals surface area contributed by atoms with Gasteiger partial charge in [0.05, 0.1) is 6.54 Å². The topological polar surface area (TPSA) is 53.4 Å². The summed E-state index contributed by atoms with van der Waals surface area (Å²) in [6.45, 7) is 8.91. The Morgan fingerprint density at radius 2 is 1.88 bits per heavy atom. The molecule has 1 aromatic carbocycles. The molecule has 1 N–H and O–H groups in total. The Balaban J connectivity index is 1.60. The smallest absolute Gasteiger partial charge is 0.234 e. The van der Waals surface area contributed by atoms with Crippen LogP contribution in [0.25, 0.3) is 5.69 Å². The summed E-state index contributed by atoms with van der Waals surface area (Å²) in [5.41, 5.74) is 2.37. The predicted octanol–water partition coefficient (Wildman–Crippen LogP) is 1.83. The van der Waals surface area contributed by atoms with Gasteiger partial charge in [0, 0.05) is 50.8 Å². The van der Waals surface area contributed by atoms with E-state index in [4.69, 9.17) is 0 Å². The molecular formula is C19H27N5O. The molecule has 6 heteroatoms. The summed E-state index contributed by atoms with van der Waals surface area (Å²) in [5.74, 6) is 1.09. The van der Waals surface area contributed by atoms with Gasteiger partial charge in [0.2, 0.25) is 11.9 Å². The molecule has 6 nitrogen and oxygen atoms in total. The molecule has 0 saturated carbocycles. The minimum atomic E-state index is 0.122. The second-order valence-corrected chi connectivity index (χ2v) is 6.55. The number of hydrogen-bond acceptors (Lipinski definition) is 4. The van der Waals surface area contributed by atoms with E-state index < -0.39 is 0 Å². The summed E-state index contributed by atoms with van der Waals surface area (Å²) in [6, 6.07) is 8.47. The van der Waals surface area contributed by atoms with E-state index in [0.717, 1.165) is 50.8 Å². The fraction of sp³-hybridized carbons (Fsp3) is 0.474. The number of piperazine rings is 1. The molecule has 1 aliphatic rings. The Morgan fingerprint density at radius 3 is 2.56 bits per heavy atom. The van der Waals surface area contributed by atoms with Crippen LogP contribution in [0, 0.1) is 6.92 Å². The fourth-order valence-electron chi connectivity index (χ4n) is 3.07. The van der Waals surface area contributed by atoms with Crippen molar-refractivity contribution in [3.05, 3.63) is 42.2 Å². The Labute approximate surface area is 149 Å². The van der Waals surface area contributed by atoms with E-state index in [1.54, 1.807) is 0 Å². The highest BCUT2D eigenvalue weighted by Crippen LogP contribution is 2.20. The van der Waals surface area contributed by atoms with Crippen LogP contribution in [0.15, 0.2) is 36.7 Å². The second-order valence-electron chi connectivity index (χ2n) is 6.55. The van der Waals surface area contributed by atoms with Crippen molar-refractivity contribution in [1.29, 1.82) is 0 Å². The molecule has 1 aromatic heterocycles. The lowest BCUT2D eigenvalue weighted by Crippen LogP contribution is -2.50. The number of amides is 1. The van der Waals surface area contributed by atoms with Gasteiger partial charge in [-0.15, -0.1) is 0 Å². The third-order valence-corrected chi connectivity index (χ3v) is 4.53. The molecule has 0 unspecified atom stereocenters. The van der Waals surface area contributed by atoms with Crippen molar-refractivity contribution in [3.8, 4) is 5.69 Å². The maximum Gasteiger partial charge on any atom is 0.234 e. The van der Waals surface area contributed by atoms with Crippen molar-refractivity contribution in [1.82, 2.24) is 19.8 Å². The third-order valence-electron chi connectivity index (χ3n) is 4.53. The normalized spacial score (nSPS) is 15.4. The first-order valence-corrected chi connectivity index (χ1v) is 9.02. The minimum absolute atomic E-state index is 0.122. The second kappa shape index (κ2) is 8.16. The number of hydrogen-bond donors (Lipinski definition) is 1. The van der Waals surface area contributed by atoms with Crippen LogP contribution in [0.5, 0.6) is 0 Å². The molecule has 2 heterocycles. The lowest BCUT2D eigenvalue weighted by Gasteiger charge is -2.35. The van der Waals surface area contributed by atoms with Crippen LogP contribution in [-0.2, 0) is 4.79 Å². The molecule has 1 amide bonds. The van der Waals surface area contributed by atoms with Gasteiger partial charge in [-0.2, -0.15) is 0 Å². The number of nitrogens with zero attached hydrogens (tertiary/aromatic N) is 4. The Morgan fingerprint density at radius 1 is 1.16 bits per heavy atom. The van der Waals surface area contributed by atoms with E-state index in [0.29, 0.717) is 6.54 Å². The molecule has 0 aliphatic carbocycles. The fourth-order valence-corrected chi connectivity index (χ4v) is 3.07. The van der Waals surface area contributed by atoms with E-state index >= 15 is 0 Å². The zero-order valence-corrected chi connectivity index (χ0v) is 15.1. The quantitative estimate of drug-likeness (QED) is 0.871. The Bertz CT molecular complexity index is 686. The molecule has 0 radical (unpaired) electrons. The zero-order valence-electron chi connectivity index (χ0n) is 15.1. The summed E-state index contributed by atoms with van der Waals surface area (Å²) in [4.78, 5) is 20.9. The van der Waals surface area contributed by atoms with Crippen molar-refractivity contribution in [3.63, 3.8) is 0 Å². The number of carbonyl (C=O) groups is 1. The molecular weight excluding hydrogens is 314 g/mol. The molecule has 0 bridgehead atoms. The highest BCUT2D eigenvalue weighted by molar-refractivity contribution is 5.78. The van der Waals surface area contributed by atoms with Gasteiger partial charge in [-0.1, -0.05) is 24.6 Å². The van der Waals surface area contributed by atoms with Crippen molar-refractivity contribution in [2.75, 3.05) is 44.2 Å². The van der Waals surface area contributed by atoms with Crippen LogP contribution in [0.3, 0.4) is 0 Å². The van der Waals surface area contributed by atoms with Gasteiger partial charge in [-0.05, 0) is 25.5 Å². The first kappa shape index (κ1) is 17.5. The van der Waals surface area contributed by atoms with Gasteiger partial charge in [0.15, 0.2) is 0 Å². The summed E-state index contributed by atoms with van der Waals surface area (Å²) < 4.78 is 2.13. The van der Waals surface area contributed by atoms with Gasteiger partial charge >= 0.3 is 0 Å². The van der Waals surface area contributed by atoms with Crippen molar-refractivity contribution in [2.45, 2.75) is 20.3 Å². The SMILES string of the molecule is CCCNC(=O)CN1CCN(c2nccn2-c2ccc(C)cc2)CC1. The first-order chi connectivity index (χ1) is 12.2. The van der Waals surface area contributed by atoms with Gasteiger partial charge in [-0.3, -0.25) is 14.3 Å². The lowest BCUT2D eigenvalue weighted by molar-refractivity contribution is -0.122. The standard InChI is InChI=1S/C19H27N5O/c1-3-8-20-18(25)15-22-11-13-23(14-12-22)19-21-9-10-24(19)17-6-4-16(2)5-7-17/h4-7,9-10H,3,8,11-15H2,1-2H3,(H,20,25). The number of aromatic nitrogens is 2. The van der Waals surface area contributed by atoms with E-state index in [1.807, 2.05) is 12.4 Å². The highest BCUT2D eigenvalue weighted by Gasteiger charge is 2.22. The molecule has 2 aromatic rings. The van der Waals surface area contributed by atoms with E-state index in [1.165, 1.54) is 5.56 Å². The summed E-state index contributed by atoms with van der Waals surface area (Å²) in [7, 11) is 0. The molecule has 25 heavy (non-hydrogen) atoms. The number of rotatable bonds is 6. The monoisotopic (exact) mass is 341 g/mol. The number of anilines is 1. The van der Waals surface area contributed by atoms with Crippen molar-refractivity contribution >= 4 is 11.9 Å². The van der Waals surface area contributed by atoms with Crippen LogP contribution in [0.4, 0.5) is 5.95 Å². The Hall–Kier alpha value is -2.34. The van der Waals surface area contributed by atoms with Crippen molar-refractivity contribution < 1.29 is 4.79 Å². The lowest BCUT2D eigenvalue weighted by atomic mass is 10.2. The Kier molecular flexibility index (Phi) is 5.71. The van der Waals surface area contributed by atoms with Crippen molar-refractivity contribution in [2.24, 2.45) is 0 Å². The molecule has 134 valence electrons. The largest absolute Gasteiger partial charge is 0.355 e. The van der Waals surface area contributed by atoms with Crippen LogP contribution in [0.1, 0.15) is 18.9 Å². The highest BCUT2D eigenvalue weighted by atomic mass is 16.2. The number of benzene rings is 1. The van der Waals surface area contributed by atoms with Gasteiger partial charge in [0.1, 0.15) is 0 Å². The van der Waals surface area contributed by atoms with Crippen LogP contribution < -0.4 is 10.2 Å². The zero-order chi connectivity index (χ0) is 17.6. The molecule has 1 saturated heterocycles. The minimum Gasteiger partial charge on any atom is -0.355 e.